The highest BCUT2D eigenvalue weighted by molar-refractivity contribution is 7.89. The first-order valence-electron chi connectivity index (χ1n) is 10.6. The van der Waals surface area contributed by atoms with Crippen LogP contribution in [0.4, 0.5) is 8.78 Å². The van der Waals surface area contributed by atoms with Crippen molar-refractivity contribution < 1.29 is 31.5 Å². The second-order valence-electron chi connectivity index (χ2n) is 7.35. The number of halogens is 2. The molecule has 1 amide bonds. The van der Waals surface area contributed by atoms with E-state index < -0.39 is 16.6 Å². The van der Waals surface area contributed by atoms with E-state index >= 15 is 0 Å². The summed E-state index contributed by atoms with van der Waals surface area (Å²) in [5, 5.41) is 0. The third-order valence-corrected chi connectivity index (χ3v) is 7.25. The molecule has 0 aliphatic heterocycles. The summed E-state index contributed by atoms with van der Waals surface area (Å²) in [6.45, 7) is 1.59. The van der Waals surface area contributed by atoms with Crippen LogP contribution in [-0.2, 0) is 27.8 Å². The van der Waals surface area contributed by atoms with Crippen molar-refractivity contribution in [3.8, 4) is 11.5 Å². The molecule has 0 atom stereocenters. The van der Waals surface area contributed by atoms with Crippen LogP contribution in [0.1, 0.15) is 31.4 Å². The summed E-state index contributed by atoms with van der Waals surface area (Å²) in [6, 6.07) is 11.1. The Bertz CT molecular complexity index is 1030. The quantitative estimate of drug-likeness (QED) is 0.457. The van der Waals surface area contributed by atoms with Crippen LogP contribution in [0.5, 0.6) is 11.5 Å². The van der Waals surface area contributed by atoms with Gasteiger partial charge in [-0.2, -0.15) is 13.1 Å². The van der Waals surface area contributed by atoms with E-state index in [0.717, 1.165) is 5.56 Å². The minimum absolute atomic E-state index is 0.0920. The fourth-order valence-corrected chi connectivity index (χ4v) is 4.81. The predicted molar refractivity (Wildman–Crippen MR) is 121 cm³/mol. The highest BCUT2D eigenvalue weighted by atomic mass is 32.2. The van der Waals surface area contributed by atoms with Gasteiger partial charge in [-0.25, -0.2) is 8.42 Å². The smallest absolute Gasteiger partial charge is 0.387 e. The van der Waals surface area contributed by atoms with E-state index in [1.165, 1.54) is 28.4 Å². The van der Waals surface area contributed by atoms with Gasteiger partial charge in [0.25, 0.3) is 0 Å². The Morgan fingerprint density at radius 1 is 1.00 bits per heavy atom. The Balaban J connectivity index is 1.98. The molecule has 33 heavy (non-hydrogen) atoms. The minimum Gasteiger partial charge on any atom is -0.493 e. The topological polar surface area (TPSA) is 76.2 Å². The number of rotatable bonds is 12. The van der Waals surface area contributed by atoms with Crippen LogP contribution in [0.15, 0.2) is 47.4 Å². The number of amides is 1. The van der Waals surface area contributed by atoms with Crippen molar-refractivity contribution in [1.82, 2.24) is 9.21 Å². The zero-order valence-electron chi connectivity index (χ0n) is 19.3. The minimum atomic E-state index is -3.52. The maximum absolute atomic E-state index is 12.6. The largest absolute Gasteiger partial charge is 0.493 e. The number of carbonyl (C=O) groups is 1. The molecule has 0 N–H and O–H groups in total. The molecule has 182 valence electrons. The predicted octanol–water partition coefficient (Wildman–Crippen LogP) is 3.92. The lowest BCUT2D eigenvalue weighted by Crippen LogP contribution is -2.30. The maximum Gasteiger partial charge on any atom is 0.387 e. The van der Waals surface area contributed by atoms with E-state index in [2.05, 4.69) is 4.74 Å². The number of benzene rings is 2. The van der Waals surface area contributed by atoms with Gasteiger partial charge >= 0.3 is 6.61 Å². The molecule has 10 heteroatoms. The van der Waals surface area contributed by atoms with Gasteiger partial charge in [0.2, 0.25) is 15.9 Å². The first-order chi connectivity index (χ1) is 15.6. The van der Waals surface area contributed by atoms with Gasteiger partial charge in [-0.05, 0) is 41.8 Å². The van der Waals surface area contributed by atoms with Gasteiger partial charge in [0.1, 0.15) is 0 Å². The lowest BCUT2D eigenvalue weighted by Gasteiger charge is -2.19. The summed E-state index contributed by atoms with van der Waals surface area (Å²) in [7, 11) is -0.541. The fourth-order valence-electron chi connectivity index (χ4n) is 3.35. The molecule has 0 unspecified atom stereocenters. The zero-order valence-corrected chi connectivity index (χ0v) is 20.1. The number of hydrogen-bond donors (Lipinski definition) is 0. The number of ether oxygens (including phenoxy) is 2. The number of hydrogen-bond acceptors (Lipinski definition) is 5. The van der Waals surface area contributed by atoms with Gasteiger partial charge in [0, 0.05) is 33.1 Å². The van der Waals surface area contributed by atoms with Crippen LogP contribution in [-0.4, -0.2) is 57.4 Å². The molecule has 0 saturated heterocycles. The maximum atomic E-state index is 12.6. The third kappa shape index (κ3) is 7.13. The van der Waals surface area contributed by atoms with Crippen LogP contribution in [0.25, 0.3) is 0 Å². The Kier molecular flexibility index (Phi) is 9.60. The molecule has 0 bridgehead atoms. The summed E-state index contributed by atoms with van der Waals surface area (Å²) < 4.78 is 61.2. The number of methoxy groups -OCH3 is 1. The van der Waals surface area contributed by atoms with Gasteiger partial charge in [0.15, 0.2) is 11.5 Å². The monoisotopic (exact) mass is 484 g/mol. The zero-order chi connectivity index (χ0) is 24.6. The van der Waals surface area contributed by atoms with Crippen molar-refractivity contribution in [3.63, 3.8) is 0 Å². The summed E-state index contributed by atoms with van der Waals surface area (Å²) in [4.78, 5) is 14.3. The summed E-state index contributed by atoms with van der Waals surface area (Å²) in [5.74, 6) is -0.0490. The average Bonchev–Trinajstić information content (AvgIpc) is 2.78. The average molecular weight is 485 g/mol. The number of aryl methyl sites for hydroxylation is 1. The number of alkyl halides is 2. The highest BCUT2D eigenvalue weighted by Gasteiger charge is 2.21. The molecule has 0 radical (unpaired) electrons. The first kappa shape index (κ1) is 26.5. The van der Waals surface area contributed by atoms with Crippen LogP contribution in [0.2, 0.25) is 0 Å². The Morgan fingerprint density at radius 2 is 1.61 bits per heavy atom. The van der Waals surface area contributed by atoms with Gasteiger partial charge < -0.3 is 14.4 Å². The Hall–Kier alpha value is -2.72. The standard InChI is InChI=1S/C23H30F2N2O5S/c1-5-27(6-2)33(29,30)19-11-7-17(8-12-19)10-14-22(28)26(3)16-18-9-13-20(31-4)21(15-18)32-23(24)25/h7-9,11-13,15,23H,5-6,10,14,16H2,1-4H3. The fraction of sp³-hybridized carbons (Fsp3) is 0.435. The van der Waals surface area contributed by atoms with E-state index in [4.69, 9.17) is 4.74 Å². The van der Waals surface area contributed by atoms with Crippen molar-refractivity contribution in [3.05, 3.63) is 53.6 Å². The Labute approximate surface area is 194 Å². The van der Waals surface area contributed by atoms with Crippen LogP contribution < -0.4 is 9.47 Å². The molecule has 2 rings (SSSR count). The van der Waals surface area contributed by atoms with Gasteiger partial charge in [-0.1, -0.05) is 32.0 Å². The summed E-state index contributed by atoms with van der Waals surface area (Å²) >= 11 is 0. The molecule has 0 aromatic heterocycles. The second kappa shape index (κ2) is 11.9. The molecule has 0 fully saturated rings. The van der Waals surface area contributed by atoms with E-state index in [9.17, 15) is 22.0 Å². The molecular weight excluding hydrogens is 454 g/mol. The van der Waals surface area contributed by atoms with Crippen molar-refractivity contribution in [2.45, 2.75) is 44.7 Å². The number of nitrogens with zero attached hydrogens (tertiary/aromatic N) is 2. The lowest BCUT2D eigenvalue weighted by atomic mass is 10.1. The molecule has 0 heterocycles. The molecular formula is C23H30F2N2O5S. The Morgan fingerprint density at radius 3 is 2.15 bits per heavy atom. The van der Waals surface area contributed by atoms with E-state index in [0.29, 0.717) is 25.1 Å². The van der Waals surface area contributed by atoms with E-state index in [1.54, 1.807) is 51.2 Å². The van der Waals surface area contributed by atoms with E-state index in [-0.39, 0.29) is 35.3 Å². The molecule has 0 spiro atoms. The van der Waals surface area contributed by atoms with Gasteiger partial charge in [-0.15, -0.1) is 0 Å². The number of carbonyl (C=O) groups excluding carboxylic acids is 1. The molecule has 0 aliphatic carbocycles. The molecule has 0 aliphatic rings. The highest BCUT2D eigenvalue weighted by Crippen LogP contribution is 2.30. The molecule has 2 aromatic carbocycles. The summed E-state index contributed by atoms with van der Waals surface area (Å²) in [5.41, 5.74) is 1.46. The molecule has 7 nitrogen and oxygen atoms in total. The molecule has 2 aromatic rings. The SMILES string of the molecule is CCN(CC)S(=O)(=O)c1ccc(CCC(=O)N(C)Cc2ccc(OC)c(OC(F)F)c2)cc1. The lowest BCUT2D eigenvalue weighted by molar-refractivity contribution is -0.130. The normalized spacial score (nSPS) is 11.6. The van der Waals surface area contributed by atoms with Gasteiger partial charge in [-0.3, -0.25) is 4.79 Å². The first-order valence-corrected chi connectivity index (χ1v) is 12.0. The van der Waals surface area contributed by atoms with E-state index in [1.807, 2.05) is 0 Å². The van der Waals surface area contributed by atoms with Crippen LogP contribution >= 0.6 is 0 Å². The summed E-state index contributed by atoms with van der Waals surface area (Å²) in [6.07, 6.45) is 0.659. The third-order valence-electron chi connectivity index (χ3n) is 5.18. The van der Waals surface area contributed by atoms with Crippen LogP contribution in [0, 0.1) is 0 Å². The second-order valence-corrected chi connectivity index (χ2v) is 9.28. The van der Waals surface area contributed by atoms with Crippen molar-refractivity contribution in [1.29, 1.82) is 0 Å². The van der Waals surface area contributed by atoms with Crippen molar-refractivity contribution in [2.24, 2.45) is 0 Å². The van der Waals surface area contributed by atoms with Crippen molar-refractivity contribution in [2.75, 3.05) is 27.2 Å². The molecule has 0 saturated carbocycles. The van der Waals surface area contributed by atoms with Crippen LogP contribution in [0.3, 0.4) is 0 Å². The number of sulfonamides is 1. The van der Waals surface area contributed by atoms with Gasteiger partial charge in [0.05, 0.1) is 12.0 Å². The van der Waals surface area contributed by atoms with Crippen molar-refractivity contribution >= 4 is 15.9 Å².